The molecule has 1 aliphatic carbocycles. The Morgan fingerprint density at radius 2 is 2.00 bits per heavy atom. The molecule has 1 saturated heterocycles. The van der Waals surface area contributed by atoms with Gasteiger partial charge in [-0.3, -0.25) is 14.1 Å². The summed E-state index contributed by atoms with van der Waals surface area (Å²) in [4.78, 5) is 18.0. The first-order valence-corrected chi connectivity index (χ1v) is 13.9. The van der Waals surface area contributed by atoms with E-state index < -0.39 is 21.8 Å². The molecule has 200 valence electrons. The minimum absolute atomic E-state index is 0.0612. The summed E-state index contributed by atoms with van der Waals surface area (Å²) in [6, 6.07) is 8.64. The van der Waals surface area contributed by atoms with Crippen molar-refractivity contribution in [1.29, 1.82) is 5.26 Å². The standard InChI is InChI=1S/C26H29FN6O4S/c1-32(2)38(35,36)31-23-6-4-21(27)24(20(23)15-28)37-18-3-5-22-19(13-18)25(34)33(16-30-22)17-7-8-26(14-17)9-11-29-12-10-26/h3-6,13,16-17,29,31H,7-12,14H2,1-2H3/t17-/m0/s1. The maximum Gasteiger partial charge on any atom is 0.301 e. The third kappa shape index (κ3) is 4.84. The van der Waals surface area contributed by atoms with Gasteiger partial charge in [-0.15, -0.1) is 0 Å². The number of nitrogens with zero attached hydrogens (tertiary/aromatic N) is 4. The number of nitriles is 1. The van der Waals surface area contributed by atoms with Crippen molar-refractivity contribution in [1.82, 2.24) is 19.2 Å². The smallest absolute Gasteiger partial charge is 0.301 e. The molecule has 1 spiro atoms. The number of halogens is 1. The second kappa shape index (κ2) is 9.98. The monoisotopic (exact) mass is 540 g/mol. The van der Waals surface area contributed by atoms with Crippen LogP contribution in [0.15, 0.2) is 41.5 Å². The van der Waals surface area contributed by atoms with Crippen LogP contribution in [0, 0.1) is 22.6 Å². The zero-order chi connectivity index (χ0) is 27.1. The molecule has 38 heavy (non-hydrogen) atoms. The molecule has 0 amide bonds. The van der Waals surface area contributed by atoms with Gasteiger partial charge in [-0.2, -0.15) is 18.0 Å². The fourth-order valence-electron chi connectivity index (χ4n) is 5.47. The lowest BCUT2D eigenvalue weighted by molar-refractivity contribution is 0.201. The summed E-state index contributed by atoms with van der Waals surface area (Å²) in [5, 5.41) is 13.4. The first kappa shape index (κ1) is 26.1. The van der Waals surface area contributed by atoms with Crippen LogP contribution in [0.3, 0.4) is 0 Å². The highest BCUT2D eigenvalue weighted by molar-refractivity contribution is 7.90. The van der Waals surface area contributed by atoms with E-state index in [1.54, 1.807) is 17.0 Å². The average Bonchev–Trinajstić information content (AvgIpc) is 3.29. The zero-order valence-corrected chi connectivity index (χ0v) is 22.0. The van der Waals surface area contributed by atoms with E-state index in [0.29, 0.717) is 10.9 Å². The second-order valence-electron chi connectivity index (χ2n) is 10.2. The van der Waals surface area contributed by atoms with Crippen LogP contribution < -0.4 is 20.3 Å². The van der Waals surface area contributed by atoms with Crippen LogP contribution in [0.5, 0.6) is 11.5 Å². The molecule has 1 atom stereocenters. The molecule has 12 heteroatoms. The van der Waals surface area contributed by atoms with Gasteiger partial charge in [-0.1, -0.05) is 0 Å². The third-order valence-corrected chi connectivity index (χ3v) is 9.09. The lowest BCUT2D eigenvalue weighted by Crippen LogP contribution is -2.35. The largest absolute Gasteiger partial charge is 0.453 e. The maximum atomic E-state index is 14.8. The molecule has 10 nitrogen and oxygen atoms in total. The summed E-state index contributed by atoms with van der Waals surface area (Å²) in [5.74, 6) is -1.17. The van der Waals surface area contributed by atoms with E-state index in [1.165, 1.54) is 26.2 Å². The molecule has 1 aliphatic heterocycles. The van der Waals surface area contributed by atoms with Crippen LogP contribution in [0.25, 0.3) is 10.9 Å². The van der Waals surface area contributed by atoms with Crippen molar-refractivity contribution in [2.45, 2.75) is 38.1 Å². The van der Waals surface area contributed by atoms with Crippen molar-refractivity contribution in [2.75, 3.05) is 31.9 Å². The Morgan fingerprint density at radius 1 is 1.24 bits per heavy atom. The Kier molecular flexibility index (Phi) is 6.85. The van der Waals surface area contributed by atoms with E-state index in [1.807, 2.05) is 6.07 Å². The number of hydrogen-bond acceptors (Lipinski definition) is 7. The molecule has 1 aromatic heterocycles. The van der Waals surface area contributed by atoms with Crippen molar-refractivity contribution < 1.29 is 17.5 Å². The number of benzene rings is 2. The second-order valence-corrected chi connectivity index (χ2v) is 12.1. The quantitative estimate of drug-likeness (QED) is 0.489. The highest BCUT2D eigenvalue weighted by Crippen LogP contribution is 2.49. The minimum Gasteiger partial charge on any atom is -0.453 e. The fourth-order valence-corrected chi connectivity index (χ4v) is 6.10. The first-order valence-electron chi connectivity index (χ1n) is 12.4. The molecule has 1 saturated carbocycles. The molecule has 0 unspecified atom stereocenters. The average molecular weight is 541 g/mol. The van der Waals surface area contributed by atoms with E-state index >= 15 is 0 Å². The SMILES string of the molecule is CN(C)S(=O)(=O)Nc1ccc(F)c(Oc2ccc3ncn([C@H]4CCC5(CCNCC5)C4)c(=O)c3c2)c1C#N. The third-order valence-electron chi connectivity index (χ3n) is 7.65. The predicted molar refractivity (Wildman–Crippen MR) is 141 cm³/mol. The number of ether oxygens (including phenoxy) is 1. The van der Waals surface area contributed by atoms with Crippen LogP contribution in [-0.2, 0) is 10.2 Å². The van der Waals surface area contributed by atoms with Crippen LogP contribution in [0.2, 0.25) is 0 Å². The lowest BCUT2D eigenvalue weighted by atomic mass is 9.77. The molecule has 2 N–H and O–H groups in total. The van der Waals surface area contributed by atoms with Crippen molar-refractivity contribution in [3.05, 3.63) is 58.4 Å². The van der Waals surface area contributed by atoms with Crippen LogP contribution in [-0.4, -0.2) is 49.5 Å². The first-order chi connectivity index (χ1) is 18.1. The molecule has 0 radical (unpaired) electrons. The summed E-state index contributed by atoms with van der Waals surface area (Å²) in [7, 11) is -1.30. The maximum absolute atomic E-state index is 14.8. The molecule has 3 aromatic rings. The Bertz CT molecular complexity index is 1590. The number of anilines is 1. The molecule has 0 bridgehead atoms. The molecule has 2 fully saturated rings. The van der Waals surface area contributed by atoms with Gasteiger partial charge >= 0.3 is 10.2 Å². The number of fused-ring (bicyclic) bond motifs is 1. The number of rotatable bonds is 6. The summed E-state index contributed by atoms with van der Waals surface area (Å²) < 4.78 is 49.9. The van der Waals surface area contributed by atoms with E-state index in [-0.39, 0.29) is 34.0 Å². The summed E-state index contributed by atoms with van der Waals surface area (Å²) in [6.07, 6.45) is 6.74. The normalized spacial score (nSPS) is 19.1. The Balaban J connectivity index is 1.47. The van der Waals surface area contributed by atoms with Crippen molar-refractivity contribution in [3.63, 3.8) is 0 Å². The van der Waals surface area contributed by atoms with Crippen LogP contribution >= 0.6 is 0 Å². The van der Waals surface area contributed by atoms with Gasteiger partial charge in [0, 0.05) is 20.1 Å². The van der Waals surface area contributed by atoms with E-state index in [2.05, 4.69) is 15.0 Å². The lowest BCUT2D eigenvalue weighted by Gasteiger charge is -2.34. The molecule has 2 heterocycles. The highest BCUT2D eigenvalue weighted by Gasteiger charge is 2.40. The van der Waals surface area contributed by atoms with Gasteiger partial charge in [0.2, 0.25) is 0 Å². The number of nitrogens with one attached hydrogen (secondary N) is 2. The van der Waals surface area contributed by atoms with E-state index in [9.17, 15) is 22.9 Å². The molecule has 5 rings (SSSR count). The highest BCUT2D eigenvalue weighted by atomic mass is 32.2. The van der Waals surface area contributed by atoms with E-state index in [4.69, 9.17) is 4.74 Å². The van der Waals surface area contributed by atoms with Crippen LogP contribution in [0.1, 0.15) is 43.7 Å². The van der Waals surface area contributed by atoms with Crippen LogP contribution in [0.4, 0.5) is 10.1 Å². The van der Waals surface area contributed by atoms with Gasteiger partial charge in [0.15, 0.2) is 11.6 Å². The summed E-state index contributed by atoms with van der Waals surface area (Å²) in [5.41, 5.74) is 0.0824. The number of hydrogen-bond donors (Lipinski definition) is 2. The number of aromatic nitrogens is 2. The summed E-state index contributed by atoms with van der Waals surface area (Å²) >= 11 is 0. The number of piperidine rings is 1. The van der Waals surface area contributed by atoms with Crippen molar-refractivity contribution in [2.24, 2.45) is 5.41 Å². The molecular formula is C26H29FN6O4S. The minimum atomic E-state index is -3.95. The topological polar surface area (TPSA) is 129 Å². The Hall–Kier alpha value is -3.53. The van der Waals surface area contributed by atoms with Crippen molar-refractivity contribution >= 4 is 26.8 Å². The molecular weight excluding hydrogens is 511 g/mol. The van der Waals surface area contributed by atoms with Gasteiger partial charge in [0.05, 0.1) is 22.9 Å². The predicted octanol–water partition coefficient (Wildman–Crippen LogP) is 3.51. The molecule has 2 aromatic carbocycles. The van der Waals surface area contributed by atoms with Crippen molar-refractivity contribution in [3.8, 4) is 17.6 Å². The zero-order valence-electron chi connectivity index (χ0n) is 21.2. The van der Waals surface area contributed by atoms with Gasteiger partial charge in [0.1, 0.15) is 17.4 Å². The summed E-state index contributed by atoms with van der Waals surface area (Å²) in [6.45, 7) is 1.99. The van der Waals surface area contributed by atoms with Gasteiger partial charge in [-0.05, 0) is 80.9 Å². The Morgan fingerprint density at radius 3 is 2.71 bits per heavy atom. The van der Waals surface area contributed by atoms with Gasteiger partial charge in [-0.25, -0.2) is 9.37 Å². The van der Waals surface area contributed by atoms with Gasteiger partial charge < -0.3 is 10.1 Å². The fraction of sp³-hybridized carbons (Fsp3) is 0.423. The molecule has 2 aliphatic rings. The Labute approximate surface area is 220 Å². The van der Waals surface area contributed by atoms with Gasteiger partial charge in [0.25, 0.3) is 5.56 Å². The van der Waals surface area contributed by atoms with E-state index in [0.717, 1.165) is 61.6 Å².